The number of hydrogen-bond donors (Lipinski definition) is 1. The van der Waals surface area contributed by atoms with Crippen molar-refractivity contribution in [3.05, 3.63) is 12.1 Å². The summed E-state index contributed by atoms with van der Waals surface area (Å²) >= 11 is 0. The van der Waals surface area contributed by atoms with Crippen LogP contribution in [0.15, 0.2) is 12.1 Å². The summed E-state index contributed by atoms with van der Waals surface area (Å²) in [5.41, 5.74) is 3.83. The first-order valence-corrected chi connectivity index (χ1v) is 2.06. The lowest BCUT2D eigenvalue weighted by Gasteiger charge is -2.14. The fraction of sp³-hybridized carbons (Fsp3) is 0.333. The molecule has 0 fully saturated rings. The van der Waals surface area contributed by atoms with Crippen LogP contribution in [0.25, 0.3) is 0 Å². The van der Waals surface area contributed by atoms with Gasteiger partial charge < -0.3 is 18.7 Å². The molecule has 0 aromatic carbocycles. The molecule has 8 heavy (non-hydrogen) atoms. The van der Waals surface area contributed by atoms with Crippen molar-refractivity contribution in [2.45, 2.75) is 0 Å². The Bertz CT molecular complexity index is 97.2. The van der Waals surface area contributed by atoms with Gasteiger partial charge in [0, 0.05) is 0 Å². The maximum Gasteiger partial charge on any atom is 0.506 e. The van der Waals surface area contributed by atoms with E-state index < -0.39 is 19.0 Å². The van der Waals surface area contributed by atoms with E-state index >= 15 is 0 Å². The number of nitrogens with two attached hydrogens (primary N) is 1. The highest BCUT2D eigenvalue weighted by atomic mass is 19.4. The van der Waals surface area contributed by atoms with Gasteiger partial charge in [-0.2, -0.15) is 0 Å². The van der Waals surface area contributed by atoms with Gasteiger partial charge in [-0.3, -0.25) is 0 Å². The molecular weight excluding hydrogens is 118 g/mol. The average molecular weight is 124 g/mol. The van der Waals surface area contributed by atoms with Crippen molar-refractivity contribution in [1.29, 1.82) is 0 Å². The Morgan fingerprint density at radius 3 is 1.88 bits per heavy atom. The van der Waals surface area contributed by atoms with E-state index in [0.717, 1.165) is 0 Å². The van der Waals surface area contributed by atoms with Crippen LogP contribution in [0.1, 0.15) is 0 Å². The van der Waals surface area contributed by atoms with Crippen LogP contribution < -0.4 is 5.73 Å². The Hall–Kier alpha value is -0.445. The van der Waals surface area contributed by atoms with Crippen LogP contribution in [0.2, 0.25) is 0 Å². The van der Waals surface area contributed by atoms with Crippen LogP contribution in [-0.4, -0.2) is 13.5 Å². The first-order chi connectivity index (χ1) is 3.48. The van der Waals surface area contributed by atoms with Crippen LogP contribution in [-0.2, 0) is 0 Å². The van der Waals surface area contributed by atoms with Crippen molar-refractivity contribution >= 4 is 6.98 Å². The summed E-state index contributed by atoms with van der Waals surface area (Å²) in [6, 6.07) is 0. The molecule has 0 heterocycles. The maximum atomic E-state index is 11.3. The number of rotatable bonds is 2. The lowest BCUT2D eigenvalue weighted by Crippen LogP contribution is -2.24. The molecule has 0 radical (unpaired) electrons. The molecule has 0 saturated heterocycles. The molecule has 0 amide bonds. The Morgan fingerprint density at radius 2 is 1.88 bits per heavy atom. The van der Waals surface area contributed by atoms with Crippen LogP contribution in [0.5, 0.6) is 0 Å². The van der Waals surface area contributed by atoms with E-state index in [-0.39, 0.29) is 0 Å². The molecule has 5 heteroatoms. The molecule has 0 unspecified atom stereocenters. The van der Waals surface area contributed by atoms with E-state index in [4.69, 9.17) is 0 Å². The Labute approximate surface area is 45.4 Å². The largest absolute Gasteiger partial charge is 0.506 e. The van der Waals surface area contributed by atoms with Crippen LogP contribution in [0, 0.1) is 0 Å². The molecule has 2 N–H and O–H groups in total. The summed E-state index contributed by atoms with van der Waals surface area (Å²) in [5.74, 6) is 0. The highest BCUT2D eigenvalue weighted by Gasteiger charge is 2.24. The zero-order chi connectivity index (χ0) is 6.78. The van der Waals surface area contributed by atoms with E-state index in [1.165, 1.54) is 0 Å². The summed E-state index contributed by atoms with van der Waals surface area (Å²) in [6.45, 7) is -2.66. The van der Waals surface area contributed by atoms with Crippen molar-refractivity contribution in [1.82, 2.24) is 0 Å². The van der Waals surface area contributed by atoms with Gasteiger partial charge in [-0.05, 0) is 6.54 Å². The van der Waals surface area contributed by atoms with E-state index in [1.807, 2.05) is 0 Å². The molecule has 0 bridgehead atoms. The molecular formula is C3H6BF3N-. The second-order valence-corrected chi connectivity index (χ2v) is 1.44. The van der Waals surface area contributed by atoms with Gasteiger partial charge in [0.05, 0.1) is 0 Å². The summed E-state index contributed by atoms with van der Waals surface area (Å²) < 4.78 is 34.0. The van der Waals surface area contributed by atoms with E-state index in [9.17, 15) is 12.9 Å². The smallest absolute Gasteiger partial charge is 0.445 e. The molecule has 0 spiro atoms. The summed E-state index contributed by atoms with van der Waals surface area (Å²) in [6.07, 6.45) is 0. The average Bonchev–Trinajstić information content (AvgIpc) is 1.62. The fourth-order valence-corrected chi connectivity index (χ4v) is 0.134. The minimum atomic E-state index is -4.88. The summed E-state index contributed by atoms with van der Waals surface area (Å²) in [5, 5.41) is 0. The standard InChI is InChI=1S/C3H6BF3N/c1-3(2-8)4(5,6)7/h1-2,8H2/q-1. The van der Waals surface area contributed by atoms with Gasteiger partial charge in [-0.1, -0.05) is 0 Å². The second-order valence-electron chi connectivity index (χ2n) is 1.44. The highest BCUT2D eigenvalue weighted by molar-refractivity contribution is 6.66. The quantitative estimate of drug-likeness (QED) is 0.543. The monoisotopic (exact) mass is 124 g/mol. The SMILES string of the molecule is C=C(CN)[B-](F)(F)F. The zero-order valence-electron chi connectivity index (χ0n) is 4.20. The van der Waals surface area contributed by atoms with Gasteiger partial charge >= 0.3 is 6.98 Å². The highest BCUT2D eigenvalue weighted by Crippen LogP contribution is 2.15. The topological polar surface area (TPSA) is 26.0 Å². The summed E-state index contributed by atoms with van der Waals surface area (Å²) in [4.78, 5) is 0. The van der Waals surface area contributed by atoms with Gasteiger partial charge in [0.2, 0.25) is 0 Å². The minimum absolute atomic E-state index is 0.497. The first-order valence-electron chi connectivity index (χ1n) is 2.06. The van der Waals surface area contributed by atoms with E-state index in [1.54, 1.807) is 0 Å². The van der Waals surface area contributed by atoms with Crippen molar-refractivity contribution in [2.75, 3.05) is 6.54 Å². The fourth-order valence-electron chi connectivity index (χ4n) is 0.134. The molecule has 0 aliphatic rings. The molecule has 0 aliphatic heterocycles. The molecule has 48 valence electrons. The molecule has 0 aromatic rings. The predicted molar refractivity (Wildman–Crippen MR) is 27.3 cm³/mol. The Morgan fingerprint density at radius 1 is 1.50 bits per heavy atom. The third kappa shape index (κ3) is 2.02. The van der Waals surface area contributed by atoms with Gasteiger partial charge in [0.1, 0.15) is 0 Å². The van der Waals surface area contributed by atoms with Crippen LogP contribution in [0.4, 0.5) is 12.9 Å². The predicted octanol–water partition coefficient (Wildman–Crippen LogP) is 0.888. The second kappa shape index (κ2) is 2.22. The maximum absolute atomic E-state index is 11.3. The van der Waals surface area contributed by atoms with E-state index in [0.29, 0.717) is 0 Å². The summed E-state index contributed by atoms with van der Waals surface area (Å²) in [7, 11) is 0. The Balaban J connectivity index is 3.82. The van der Waals surface area contributed by atoms with Crippen molar-refractivity contribution in [3.8, 4) is 0 Å². The Kier molecular flexibility index (Phi) is 2.09. The lowest BCUT2D eigenvalue weighted by molar-refractivity contribution is 0.489. The molecule has 0 atom stereocenters. The van der Waals surface area contributed by atoms with Crippen molar-refractivity contribution in [3.63, 3.8) is 0 Å². The normalized spacial score (nSPS) is 11.5. The molecule has 0 aliphatic carbocycles. The van der Waals surface area contributed by atoms with Crippen LogP contribution >= 0.6 is 0 Å². The lowest BCUT2D eigenvalue weighted by atomic mass is 9.81. The van der Waals surface area contributed by atoms with E-state index in [2.05, 4.69) is 12.3 Å². The minimum Gasteiger partial charge on any atom is -0.445 e. The number of halogens is 3. The molecule has 0 aromatic heterocycles. The third-order valence-electron chi connectivity index (χ3n) is 0.725. The van der Waals surface area contributed by atoms with Crippen molar-refractivity contribution in [2.24, 2.45) is 5.73 Å². The molecule has 0 rings (SSSR count). The number of hydrogen-bond acceptors (Lipinski definition) is 1. The van der Waals surface area contributed by atoms with Gasteiger partial charge in [0.25, 0.3) is 0 Å². The third-order valence-corrected chi connectivity index (χ3v) is 0.725. The van der Waals surface area contributed by atoms with Gasteiger partial charge in [0.15, 0.2) is 0 Å². The van der Waals surface area contributed by atoms with Crippen molar-refractivity contribution < 1.29 is 12.9 Å². The van der Waals surface area contributed by atoms with Gasteiger partial charge in [-0.25, -0.2) is 0 Å². The zero-order valence-corrected chi connectivity index (χ0v) is 4.20. The first kappa shape index (κ1) is 7.55. The van der Waals surface area contributed by atoms with Crippen LogP contribution in [0.3, 0.4) is 0 Å². The molecule has 1 nitrogen and oxygen atoms in total. The molecule has 0 saturated carbocycles. The van der Waals surface area contributed by atoms with Gasteiger partial charge in [-0.15, -0.1) is 12.1 Å².